The Kier molecular flexibility index (Phi) is 5.24. The number of benzene rings is 1. The van der Waals surface area contributed by atoms with Crippen LogP contribution in [0.5, 0.6) is 0 Å². The van der Waals surface area contributed by atoms with Gasteiger partial charge in [-0.15, -0.1) is 0 Å². The normalized spacial score (nSPS) is 14.2. The van der Waals surface area contributed by atoms with Gasteiger partial charge in [-0.2, -0.15) is 5.10 Å². The number of aromatic nitrogens is 2. The second-order valence-electron chi connectivity index (χ2n) is 4.97. The first kappa shape index (κ1) is 15.5. The highest BCUT2D eigenvalue weighted by Crippen LogP contribution is 2.25. The van der Waals surface area contributed by atoms with Crippen LogP contribution in [0.2, 0.25) is 5.02 Å². The molecule has 20 heavy (non-hydrogen) atoms. The topological polar surface area (TPSA) is 38.0 Å². The molecule has 0 spiro atoms. The van der Waals surface area contributed by atoms with E-state index in [9.17, 15) is 5.11 Å². The number of rotatable bonds is 5. The van der Waals surface area contributed by atoms with Crippen LogP contribution in [-0.2, 0) is 6.42 Å². The highest BCUT2D eigenvalue weighted by molar-refractivity contribution is 9.10. The van der Waals surface area contributed by atoms with Gasteiger partial charge in [-0.05, 0) is 43.2 Å². The third-order valence-electron chi connectivity index (χ3n) is 3.38. The van der Waals surface area contributed by atoms with E-state index in [1.807, 2.05) is 23.0 Å². The van der Waals surface area contributed by atoms with Gasteiger partial charge in [0, 0.05) is 28.2 Å². The zero-order valence-corrected chi connectivity index (χ0v) is 13.9. The van der Waals surface area contributed by atoms with E-state index < -0.39 is 6.10 Å². The Labute approximate surface area is 132 Å². The maximum atomic E-state index is 10.3. The molecular weight excluding hydrogens is 340 g/mol. The summed E-state index contributed by atoms with van der Waals surface area (Å²) in [7, 11) is 0. The predicted octanol–water partition coefficient (Wildman–Crippen LogP) is 4.55. The summed E-state index contributed by atoms with van der Waals surface area (Å²) in [5.74, 6) is 0. The van der Waals surface area contributed by atoms with Crippen molar-refractivity contribution in [1.82, 2.24) is 9.78 Å². The molecule has 2 rings (SSSR count). The van der Waals surface area contributed by atoms with E-state index in [-0.39, 0.29) is 0 Å². The molecule has 0 amide bonds. The summed E-state index contributed by atoms with van der Waals surface area (Å²) in [6.45, 7) is 4.26. The van der Waals surface area contributed by atoms with E-state index in [0.29, 0.717) is 17.5 Å². The second kappa shape index (κ2) is 6.74. The number of hydrogen-bond donors (Lipinski definition) is 1. The van der Waals surface area contributed by atoms with Crippen molar-refractivity contribution in [3.8, 4) is 0 Å². The highest BCUT2D eigenvalue weighted by atomic mass is 79.9. The summed E-state index contributed by atoms with van der Waals surface area (Å²) in [5, 5.41) is 15.4. The molecule has 0 aliphatic rings. The van der Waals surface area contributed by atoms with Crippen molar-refractivity contribution in [2.75, 3.05) is 0 Å². The molecule has 1 aromatic carbocycles. The number of halogens is 2. The van der Waals surface area contributed by atoms with Crippen molar-refractivity contribution in [2.45, 2.75) is 38.8 Å². The Morgan fingerprint density at radius 3 is 2.80 bits per heavy atom. The first-order valence-corrected chi connectivity index (χ1v) is 7.84. The SMILES string of the molecule is CCC(C)n1ccc(CC(O)c2cc(Cl)cc(Br)c2)n1. The number of nitrogens with zero attached hydrogens (tertiary/aromatic N) is 2. The Morgan fingerprint density at radius 1 is 1.40 bits per heavy atom. The van der Waals surface area contributed by atoms with Crippen molar-refractivity contribution in [1.29, 1.82) is 0 Å². The van der Waals surface area contributed by atoms with Gasteiger partial charge < -0.3 is 5.11 Å². The van der Waals surface area contributed by atoms with Gasteiger partial charge >= 0.3 is 0 Å². The first-order valence-electron chi connectivity index (χ1n) is 6.67. The van der Waals surface area contributed by atoms with E-state index in [4.69, 9.17) is 11.6 Å². The Balaban J connectivity index is 2.11. The van der Waals surface area contributed by atoms with Crippen molar-refractivity contribution in [3.63, 3.8) is 0 Å². The van der Waals surface area contributed by atoms with E-state index in [1.165, 1.54) is 0 Å². The largest absolute Gasteiger partial charge is 0.388 e. The maximum absolute atomic E-state index is 10.3. The van der Waals surface area contributed by atoms with Crippen LogP contribution in [-0.4, -0.2) is 14.9 Å². The Hall–Kier alpha value is -0.840. The molecule has 0 radical (unpaired) electrons. The summed E-state index contributed by atoms with van der Waals surface area (Å²) in [6, 6.07) is 7.79. The molecular formula is C15H18BrClN2O. The fourth-order valence-corrected chi connectivity index (χ4v) is 2.89. The molecule has 2 unspecified atom stereocenters. The van der Waals surface area contributed by atoms with Crippen LogP contribution in [0.15, 0.2) is 34.9 Å². The Bertz CT molecular complexity index is 565. The molecule has 2 aromatic rings. The minimum Gasteiger partial charge on any atom is -0.388 e. The lowest BCUT2D eigenvalue weighted by molar-refractivity contribution is 0.176. The number of aliphatic hydroxyl groups excluding tert-OH is 1. The quantitative estimate of drug-likeness (QED) is 0.852. The van der Waals surface area contributed by atoms with Gasteiger partial charge in [0.2, 0.25) is 0 Å². The predicted molar refractivity (Wildman–Crippen MR) is 85.0 cm³/mol. The van der Waals surface area contributed by atoms with Gasteiger partial charge in [0.1, 0.15) is 0 Å². The van der Waals surface area contributed by atoms with E-state index >= 15 is 0 Å². The Morgan fingerprint density at radius 2 is 2.15 bits per heavy atom. The molecule has 0 aliphatic carbocycles. The van der Waals surface area contributed by atoms with Gasteiger partial charge in [-0.1, -0.05) is 34.5 Å². The fraction of sp³-hybridized carbons (Fsp3) is 0.400. The van der Waals surface area contributed by atoms with Gasteiger partial charge in [0.15, 0.2) is 0 Å². The second-order valence-corrected chi connectivity index (χ2v) is 6.32. The van der Waals surface area contributed by atoms with Crippen LogP contribution < -0.4 is 0 Å². The summed E-state index contributed by atoms with van der Waals surface area (Å²) in [6.07, 6.45) is 2.87. The van der Waals surface area contributed by atoms with Crippen LogP contribution >= 0.6 is 27.5 Å². The van der Waals surface area contributed by atoms with Crippen LogP contribution in [0, 0.1) is 0 Å². The summed E-state index contributed by atoms with van der Waals surface area (Å²) >= 11 is 9.38. The average Bonchev–Trinajstić information content (AvgIpc) is 2.85. The minimum atomic E-state index is -0.606. The molecule has 1 N–H and O–H groups in total. The van der Waals surface area contributed by atoms with Crippen molar-refractivity contribution in [3.05, 3.63) is 51.2 Å². The molecule has 0 fully saturated rings. The van der Waals surface area contributed by atoms with Crippen LogP contribution in [0.25, 0.3) is 0 Å². The monoisotopic (exact) mass is 356 g/mol. The van der Waals surface area contributed by atoms with Gasteiger partial charge in [-0.3, -0.25) is 4.68 Å². The molecule has 3 nitrogen and oxygen atoms in total. The summed E-state index contributed by atoms with van der Waals surface area (Å²) in [5.41, 5.74) is 1.68. The molecule has 0 aliphatic heterocycles. The van der Waals surface area contributed by atoms with E-state index in [1.54, 1.807) is 12.1 Å². The standard InChI is InChI=1S/C15H18BrClN2O/c1-3-10(2)19-5-4-14(18-19)9-15(20)11-6-12(16)8-13(17)7-11/h4-8,10,15,20H,3,9H2,1-2H3. The van der Waals surface area contributed by atoms with Crippen LogP contribution in [0.3, 0.4) is 0 Å². The van der Waals surface area contributed by atoms with Crippen LogP contribution in [0.4, 0.5) is 0 Å². The van der Waals surface area contributed by atoms with Crippen molar-refractivity contribution >= 4 is 27.5 Å². The summed E-state index contributed by atoms with van der Waals surface area (Å²) < 4.78 is 2.81. The lowest BCUT2D eigenvalue weighted by Crippen LogP contribution is -2.07. The van der Waals surface area contributed by atoms with Gasteiger partial charge in [0.05, 0.1) is 11.8 Å². The van der Waals surface area contributed by atoms with E-state index in [2.05, 4.69) is 34.9 Å². The van der Waals surface area contributed by atoms with Crippen molar-refractivity contribution < 1.29 is 5.11 Å². The lowest BCUT2D eigenvalue weighted by atomic mass is 10.1. The molecule has 0 saturated carbocycles. The third kappa shape index (κ3) is 3.84. The number of aliphatic hydroxyl groups is 1. The smallest absolute Gasteiger partial charge is 0.0847 e. The molecule has 5 heteroatoms. The van der Waals surface area contributed by atoms with Crippen LogP contribution in [0.1, 0.15) is 43.7 Å². The zero-order chi connectivity index (χ0) is 14.7. The van der Waals surface area contributed by atoms with Crippen molar-refractivity contribution in [2.24, 2.45) is 0 Å². The molecule has 108 valence electrons. The first-order chi connectivity index (χ1) is 9.49. The number of hydrogen-bond acceptors (Lipinski definition) is 2. The average molecular weight is 358 g/mol. The molecule has 0 bridgehead atoms. The minimum absolute atomic E-state index is 0.376. The maximum Gasteiger partial charge on any atom is 0.0847 e. The summed E-state index contributed by atoms with van der Waals surface area (Å²) in [4.78, 5) is 0. The van der Waals surface area contributed by atoms with Gasteiger partial charge in [0.25, 0.3) is 0 Å². The zero-order valence-electron chi connectivity index (χ0n) is 11.6. The molecule has 0 saturated heterocycles. The van der Waals surface area contributed by atoms with E-state index in [0.717, 1.165) is 22.2 Å². The van der Waals surface area contributed by atoms with Gasteiger partial charge in [-0.25, -0.2) is 0 Å². The molecule has 1 aromatic heterocycles. The lowest BCUT2D eigenvalue weighted by Gasteiger charge is -2.11. The highest BCUT2D eigenvalue weighted by Gasteiger charge is 2.13. The third-order valence-corrected chi connectivity index (χ3v) is 4.05. The fourth-order valence-electron chi connectivity index (χ4n) is 2.00. The molecule has 2 atom stereocenters. The molecule has 1 heterocycles.